The van der Waals surface area contributed by atoms with E-state index < -0.39 is 0 Å². The first-order chi connectivity index (χ1) is 8.60. The number of ether oxygens (including phenoxy) is 2. The molecule has 0 saturated heterocycles. The molecule has 96 valence electrons. The lowest BCUT2D eigenvalue weighted by Crippen LogP contribution is -2.05. The van der Waals surface area contributed by atoms with Crippen LogP contribution < -0.4 is 15.2 Å². The number of nitrogens with two attached hydrogens (primary N) is 1. The van der Waals surface area contributed by atoms with Gasteiger partial charge in [-0.25, -0.2) is 4.98 Å². The van der Waals surface area contributed by atoms with E-state index in [1.165, 1.54) is 11.3 Å². The van der Waals surface area contributed by atoms with Gasteiger partial charge < -0.3 is 15.2 Å². The van der Waals surface area contributed by atoms with Crippen molar-refractivity contribution >= 4 is 16.5 Å². The van der Waals surface area contributed by atoms with Gasteiger partial charge in [-0.05, 0) is 26.0 Å². The number of hydrogen-bond acceptors (Lipinski definition) is 5. The lowest BCUT2D eigenvalue weighted by atomic mass is 10.1. The highest BCUT2D eigenvalue weighted by Gasteiger charge is 2.10. The minimum atomic E-state index is 0.139. The van der Waals surface area contributed by atoms with Gasteiger partial charge in [-0.2, -0.15) is 0 Å². The molecule has 0 aliphatic heterocycles. The quantitative estimate of drug-likeness (QED) is 0.921. The van der Waals surface area contributed by atoms with Crippen molar-refractivity contribution in [1.29, 1.82) is 0 Å². The fourth-order valence-electron chi connectivity index (χ4n) is 1.63. The second kappa shape index (κ2) is 5.27. The summed E-state index contributed by atoms with van der Waals surface area (Å²) in [4.78, 5) is 5.04. The van der Waals surface area contributed by atoms with Gasteiger partial charge in [0.05, 0.1) is 18.1 Å². The molecule has 18 heavy (non-hydrogen) atoms. The van der Waals surface area contributed by atoms with Crippen LogP contribution in [-0.2, 0) is 0 Å². The average molecular weight is 264 g/mol. The Balaban J connectivity index is 2.37. The Morgan fingerprint density at radius 1 is 1.33 bits per heavy atom. The Bertz CT molecular complexity index is 538. The summed E-state index contributed by atoms with van der Waals surface area (Å²) >= 11 is 1.44. The van der Waals surface area contributed by atoms with Crippen molar-refractivity contribution in [3.05, 3.63) is 24.4 Å². The number of benzene rings is 1. The van der Waals surface area contributed by atoms with Crippen molar-refractivity contribution in [1.82, 2.24) is 4.98 Å². The molecule has 1 heterocycles. The molecular formula is C13H16N2O2S. The van der Waals surface area contributed by atoms with Crippen LogP contribution in [0.5, 0.6) is 11.5 Å². The van der Waals surface area contributed by atoms with Gasteiger partial charge in [0.1, 0.15) is 11.5 Å². The molecule has 2 rings (SSSR count). The SMILES string of the molecule is COc1cc(OC(C)C)ccc1-c1cnc(N)s1. The molecule has 1 aromatic heterocycles. The van der Waals surface area contributed by atoms with Crippen LogP contribution >= 0.6 is 11.3 Å². The topological polar surface area (TPSA) is 57.4 Å². The molecule has 4 nitrogen and oxygen atoms in total. The van der Waals surface area contributed by atoms with Gasteiger partial charge in [0, 0.05) is 17.8 Å². The molecule has 0 radical (unpaired) electrons. The van der Waals surface area contributed by atoms with Crippen molar-refractivity contribution in [2.24, 2.45) is 0 Å². The van der Waals surface area contributed by atoms with Crippen molar-refractivity contribution in [2.45, 2.75) is 20.0 Å². The van der Waals surface area contributed by atoms with E-state index in [4.69, 9.17) is 15.2 Å². The van der Waals surface area contributed by atoms with E-state index in [1.54, 1.807) is 13.3 Å². The summed E-state index contributed by atoms with van der Waals surface area (Å²) in [6.45, 7) is 3.98. The van der Waals surface area contributed by atoms with Crippen LogP contribution in [-0.4, -0.2) is 18.2 Å². The Labute approximate surface area is 110 Å². The van der Waals surface area contributed by atoms with E-state index in [-0.39, 0.29) is 6.10 Å². The summed E-state index contributed by atoms with van der Waals surface area (Å²) in [7, 11) is 1.64. The second-order valence-electron chi connectivity index (χ2n) is 4.09. The van der Waals surface area contributed by atoms with E-state index >= 15 is 0 Å². The number of nitrogen functional groups attached to an aromatic ring is 1. The summed E-state index contributed by atoms with van der Waals surface area (Å²) in [6.07, 6.45) is 1.89. The molecule has 0 aliphatic carbocycles. The summed E-state index contributed by atoms with van der Waals surface area (Å²) in [5.41, 5.74) is 6.62. The zero-order valence-electron chi connectivity index (χ0n) is 10.6. The molecule has 0 spiro atoms. The molecule has 0 bridgehead atoms. The highest BCUT2D eigenvalue weighted by Crippen LogP contribution is 2.36. The first-order valence-corrected chi connectivity index (χ1v) is 6.48. The largest absolute Gasteiger partial charge is 0.496 e. The van der Waals surface area contributed by atoms with Gasteiger partial charge in [-0.1, -0.05) is 11.3 Å². The van der Waals surface area contributed by atoms with Crippen molar-refractivity contribution in [3.8, 4) is 21.9 Å². The molecule has 5 heteroatoms. The van der Waals surface area contributed by atoms with Gasteiger partial charge in [0.15, 0.2) is 5.13 Å². The molecule has 2 N–H and O–H groups in total. The maximum absolute atomic E-state index is 5.65. The predicted octanol–water partition coefficient (Wildman–Crippen LogP) is 3.19. The van der Waals surface area contributed by atoms with E-state index in [9.17, 15) is 0 Å². The number of anilines is 1. The summed E-state index contributed by atoms with van der Waals surface area (Å²) < 4.78 is 11.0. The van der Waals surface area contributed by atoms with Crippen molar-refractivity contribution in [2.75, 3.05) is 12.8 Å². The third-order valence-electron chi connectivity index (χ3n) is 2.33. The number of thiazole rings is 1. The van der Waals surface area contributed by atoms with Crippen molar-refractivity contribution < 1.29 is 9.47 Å². The molecule has 0 saturated carbocycles. The van der Waals surface area contributed by atoms with E-state index in [1.807, 2.05) is 32.0 Å². The normalized spacial score (nSPS) is 10.7. The Morgan fingerprint density at radius 3 is 2.67 bits per heavy atom. The fraction of sp³-hybridized carbons (Fsp3) is 0.308. The van der Waals surface area contributed by atoms with Gasteiger partial charge in [-0.15, -0.1) is 0 Å². The van der Waals surface area contributed by atoms with Crippen LogP contribution in [0.2, 0.25) is 0 Å². The first-order valence-electron chi connectivity index (χ1n) is 5.66. The summed E-state index contributed by atoms with van der Waals surface area (Å²) in [5, 5.41) is 0.551. The molecule has 2 aromatic rings. The first kappa shape index (κ1) is 12.7. The van der Waals surface area contributed by atoms with Gasteiger partial charge in [-0.3, -0.25) is 0 Å². The maximum Gasteiger partial charge on any atom is 0.180 e. The lowest BCUT2D eigenvalue weighted by Gasteiger charge is -2.12. The highest BCUT2D eigenvalue weighted by molar-refractivity contribution is 7.18. The number of rotatable bonds is 4. The lowest BCUT2D eigenvalue weighted by molar-refractivity contribution is 0.241. The summed E-state index contributed by atoms with van der Waals surface area (Å²) in [5.74, 6) is 1.56. The van der Waals surface area contributed by atoms with E-state index in [0.29, 0.717) is 5.13 Å². The second-order valence-corrected chi connectivity index (χ2v) is 5.15. The van der Waals surface area contributed by atoms with Gasteiger partial charge in [0.2, 0.25) is 0 Å². The third-order valence-corrected chi connectivity index (χ3v) is 3.19. The minimum Gasteiger partial charge on any atom is -0.496 e. The number of nitrogens with zero attached hydrogens (tertiary/aromatic N) is 1. The number of methoxy groups -OCH3 is 1. The van der Waals surface area contributed by atoms with Crippen molar-refractivity contribution in [3.63, 3.8) is 0 Å². The minimum absolute atomic E-state index is 0.139. The Kier molecular flexibility index (Phi) is 3.72. The summed E-state index contributed by atoms with van der Waals surface area (Å²) in [6, 6.07) is 5.77. The van der Waals surface area contributed by atoms with Crippen LogP contribution in [0, 0.1) is 0 Å². The fourth-order valence-corrected chi connectivity index (χ4v) is 2.35. The van der Waals surface area contributed by atoms with Crippen LogP contribution in [0.1, 0.15) is 13.8 Å². The molecule has 0 unspecified atom stereocenters. The zero-order valence-corrected chi connectivity index (χ0v) is 11.5. The predicted molar refractivity (Wildman–Crippen MR) is 74.3 cm³/mol. The Morgan fingerprint density at radius 2 is 2.11 bits per heavy atom. The van der Waals surface area contributed by atoms with E-state index in [0.717, 1.165) is 21.9 Å². The molecular weight excluding hydrogens is 248 g/mol. The molecule has 1 aromatic carbocycles. The molecule has 0 aliphatic rings. The molecule has 0 amide bonds. The average Bonchev–Trinajstić information content (AvgIpc) is 2.74. The molecule has 0 atom stereocenters. The van der Waals surface area contributed by atoms with E-state index in [2.05, 4.69) is 4.98 Å². The number of hydrogen-bond donors (Lipinski definition) is 1. The van der Waals surface area contributed by atoms with Crippen LogP contribution in [0.4, 0.5) is 5.13 Å². The van der Waals surface area contributed by atoms with Gasteiger partial charge >= 0.3 is 0 Å². The highest BCUT2D eigenvalue weighted by atomic mass is 32.1. The zero-order chi connectivity index (χ0) is 13.1. The third kappa shape index (κ3) is 2.73. The van der Waals surface area contributed by atoms with Crippen LogP contribution in [0.3, 0.4) is 0 Å². The Hall–Kier alpha value is -1.75. The standard InChI is InChI=1S/C13H16N2O2S/c1-8(2)17-9-4-5-10(11(6-9)16-3)12-7-15-13(14)18-12/h4-8H,1-3H3,(H2,14,15). The van der Waals surface area contributed by atoms with Gasteiger partial charge in [0.25, 0.3) is 0 Å². The van der Waals surface area contributed by atoms with Crippen LogP contribution in [0.25, 0.3) is 10.4 Å². The maximum atomic E-state index is 5.65. The monoisotopic (exact) mass is 264 g/mol. The molecule has 0 fully saturated rings. The number of aromatic nitrogens is 1. The van der Waals surface area contributed by atoms with Crippen LogP contribution in [0.15, 0.2) is 24.4 Å². The smallest absolute Gasteiger partial charge is 0.180 e.